The van der Waals surface area contributed by atoms with Gasteiger partial charge in [0.05, 0.1) is 12.2 Å². The van der Waals surface area contributed by atoms with Gasteiger partial charge in [0.2, 0.25) is 0 Å². The molecular weight excluding hydrogens is 435 g/mol. The fourth-order valence-corrected chi connectivity index (χ4v) is 1.83. The van der Waals surface area contributed by atoms with Crippen LogP contribution in [-0.2, 0) is 18.3 Å². The van der Waals surface area contributed by atoms with Gasteiger partial charge in [-0.1, -0.05) is 0 Å². The number of aromatic nitrogens is 2. The van der Waals surface area contributed by atoms with E-state index in [2.05, 4.69) is 20.7 Å². The predicted molar refractivity (Wildman–Crippen MR) is 110 cm³/mol. The van der Waals surface area contributed by atoms with E-state index in [1.54, 1.807) is 22.8 Å². The molecule has 0 bridgehead atoms. The van der Waals surface area contributed by atoms with Crippen LogP contribution in [0.5, 0.6) is 0 Å². The van der Waals surface area contributed by atoms with Gasteiger partial charge in [0, 0.05) is 39.9 Å². The molecule has 1 amide bonds. The second-order valence-electron chi connectivity index (χ2n) is 6.47. The van der Waals surface area contributed by atoms with Crippen molar-refractivity contribution < 1.29 is 9.53 Å². The van der Waals surface area contributed by atoms with Gasteiger partial charge in [0.25, 0.3) is 0 Å². The van der Waals surface area contributed by atoms with Gasteiger partial charge in [0.1, 0.15) is 5.60 Å². The first-order chi connectivity index (χ1) is 11.2. The minimum absolute atomic E-state index is 0. The molecule has 9 heteroatoms. The van der Waals surface area contributed by atoms with Gasteiger partial charge in [0.15, 0.2) is 5.96 Å². The molecule has 0 fully saturated rings. The molecule has 0 atom stereocenters. The predicted octanol–water partition coefficient (Wildman–Crippen LogP) is 1.96. The van der Waals surface area contributed by atoms with Gasteiger partial charge in [-0.2, -0.15) is 5.10 Å². The molecule has 1 aromatic heterocycles. The first-order valence-corrected chi connectivity index (χ1v) is 8.16. The van der Waals surface area contributed by atoms with Crippen molar-refractivity contribution in [2.45, 2.75) is 39.8 Å². The van der Waals surface area contributed by atoms with Crippen LogP contribution in [0.2, 0.25) is 0 Å². The van der Waals surface area contributed by atoms with E-state index in [4.69, 9.17) is 4.74 Å². The molecule has 25 heavy (non-hydrogen) atoms. The lowest BCUT2D eigenvalue weighted by atomic mass is 10.2. The van der Waals surface area contributed by atoms with Crippen molar-refractivity contribution in [3.63, 3.8) is 0 Å². The maximum atomic E-state index is 11.9. The summed E-state index contributed by atoms with van der Waals surface area (Å²) in [7, 11) is 3.61. The average molecular weight is 466 g/mol. The highest BCUT2D eigenvalue weighted by Crippen LogP contribution is 2.08. The number of nitrogens with one attached hydrogen (secondary N) is 2. The Labute approximate surface area is 167 Å². The third kappa shape index (κ3) is 9.51. The number of rotatable bonds is 6. The number of aliphatic imine (C=N–C) groups is 1. The normalized spacial score (nSPS) is 11.5. The Morgan fingerprint density at radius 2 is 2.08 bits per heavy atom. The Bertz CT molecular complexity index is 553. The summed E-state index contributed by atoms with van der Waals surface area (Å²) in [6, 6.07) is 1.93. The zero-order valence-electron chi connectivity index (χ0n) is 16.0. The zero-order chi connectivity index (χ0) is 18.2. The fourth-order valence-electron chi connectivity index (χ4n) is 1.83. The van der Waals surface area contributed by atoms with Crippen LogP contribution in [0, 0.1) is 0 Å². The van der Waals surface area contributed by atoms with Crippen LogP contribution in [0.1, 0.15) is 33.4 Å². The number of hydrogen-bond acceptors (Lipinski definition) is 4. The highest BCUT2D eigenvalue weighted by atomic mass is 127. The SMILES string of the molecule is CCNC(=NCc1ccnn1C)NCCN(C)C(=O)OC(C)(C)C.I. The summed E-state index contributed by atoms with van der Waals surface area (Å²) >= 11 is 0. The summed E-state index contributed by atoms with van der Waals surface area (Å²) in [6.45, 7) is 9.96. The number of aryl methyl sites for hydroxylation is 1. The third-order valence-electron chi connectivity index (χ3n) is 3.11. The number of halogens is 1. The summed E-state index contributed by atoms with van der Waals surface area (Å²) in [4.78, 5) is 18.0. The van der Waals surface area contributed by atoms with Gasteiger partial charge in [-0.15, -0.1) is 24.0 Å². The van der Waals surface area contributed by atoms with Crippen LogP contribution in [0.4, 0.5) is 4.79 Å². The molecule has 0 saturated carbocycles. The molecule has 0 spiro atoms. The second kappa shape index (κ2) is 11.2. The lowest BCUT2D eigenvalue weighted by Crippen LogP contribution is -2.43. The van der Waals surface area contributed by atoms with Crippen molar-refractivity contribution in [2.75, 3.05) is 26.7 Å². The number of nitrogens with zero attached hydrogens (tertiary/aromatic N) is 4. The van der Waals surface area contributed by atoms with Crippen LogP contribution in [0.15, 0.2) is 17.3 Å². The first kappa shape index (κ1) is 23.5. The van der Waals surface area contributed by atoms with E-state index in [9.17, 15) is 4.79 Å². The molecule has 144 valence electrons. The standard InChI is InChI=1S/C16H30N6O2.HI/c1-7-17-14(19-12-13-8-9-20-22(13)6)18-10-11-21(5)15(23)24-16(2,3)4;/h8-9H,7,10-12H2,1-6H3,(H2,17,18,19);1H. The van der Waals surface area contributed by atoms with Gasteiger partial charge in [-0.05, 0) is 33.8 Å². The number of amides is 1. The van der Waals surface area contributed by atoms with Crippen LogP contribution >= 0.6 is 24.0 Å². The molecular formula is C16H31IN6O2. The monoisotopic (exact) mass is 466 g/mol. The topological polar surface area (TPSA) is 83.8 Å². The van der Waals surface area contributed by atoms with Crippen LogP contribution in [0.25, 0.3) is 0 Å². The van der Waals surface area contributed by atoms with Gasteiger partial charge >= 0.3 is 6.09 Å². The van der Waals surface area contributed by atoms with Crippen molar-refractivity contribution in [2.24, 2.45) is 12.0 Å². The Hall–Kier alpha value is -1.52. The van der Waals surface area contributed by atoms with Gasteiger partial charge in [-0.25, -0.2) is 9.79 Å². The lowest BCUT2D eigenvalue weighted by Gasteiger charge is -2.24. The number of ether oxygens (including phenoxy) is 1. The van der Waals surface area contributed by atoms with Crippen LogP contribution in [0.3, 0.4) is 0 Å². The minimum Gasteiger partial charge on any atom is -0.444 e. The molecule has 0 radical (unpaired) electrons. The van der Waals surface area contributed by atoms with E-state index in [1.165, 1.54) is 0 Å². The maximum absolute atomic E-state index is 11.9. The summed E-state index contributed by atoms with van der Waals surface area (Å²) in [6.07, 6.45) is 1.42. The summed E-state index contributed by atoms with van der Waals surface area (Å²) < 4.78 is 7.11. The molecule has 0 saturated heterocycles. The molecule has 0 unspecified atom stereocenters. The second-order valence-corrected chi connectivity index (χ2v) is 6.47. The molecule has 0 aliphatic rings. The van der Waals surface area contributed by atoms with Crippen molar-refractivity contribution in [3.05, 3.63) is 18.0 Å². The highest BCUT2D eigenvalue weighted by Gasteiger charge is 2.19. The van der Waals surface area contributed by atoms with Crippen LogP contribution in [-0.4, -0.2) is 59.0 Å². The van der Waals surface area contributed by atoms with E-state index in [-0.39, 0.29) is 30.1 Å². The molecule has 0 aliphatic heterocycles. The number of carbonyl (C=O) groups excluding carboxylic acids is 1. The summed E-state index contributed by atoms with van der Waals surface area (Å²) in [5, 5.41) is 10.5. The largest absolute Gasteiger partial charge is 0.444 e. The third-order valence-corrected chi connectivity index (χ3v) is 3.11. The summed E-state index contributed by atoms with van der Waals surface area (Å²) in [5.74, 6) is 0.705. The van der Waals surface area contributed by atoms with Gasteiger partial charge in [-0.3, -0.25) is 4.68 Å². The van der Waals surface area contributed by atoms with E-state index in [0.717, 1.165) is 12.2 Å². The number of guanidine groups is 1. The van der Waals surface area contributed by atoms with Crippen molar-refractivity contribution >= 4 is 36.0 Å². The quantitative estimate of drug-likeness (QED) is 0.381. The molecule has 1 rings (SSSR count). The van der Waals surface area contributed by atoms with Gasteiger partial charge < -0.3 is 20.3 Å². The maximum Gasteiger partial charge on any atom is 0.410 e. The number of likely N-dealkylation sites (N-methyl/N-ethyl adjacent to an activating group) is 1. The van der Waals surface area contributed by atoms with E-state index in [1.807, 2.05) is 40.8 Å². The van der Waals surface area contributed by atoms with E-state index < -0.39 is 5.60 Å². The zero-order valence-corrected chi connectivity index (χ0v) is 18.3. The average Bonchev–Trinajstić information content (AvgIpc) is 2.88. The Kier molecular flexibility index (Phi) is 10.5. The Morgan fingerprint density at radius 3 is 2.60 bits per heavy atom. The molecule has 2 N–H and O–H groups in total. The molecule has 1 aromatic rings. The molecule has 0 aromatic carbocycles. The number of hydrogen-bond donors (Lipinski definition) is 2. The molecule has 0 aliphatic carbocycles. The van der Waals surface area contributed by atoms with Crippen molar-refractivity contribution in [3.8, 4) is 0 Å². The molecule has 1 heterocycles. The minimum atomic E-state index is -0.488. The van der Waals surface area contributed by atoms with Crippen LogP contribution < -0.4 is 10.6 Å². The number of carbonyl (C=O) groups is 1. The van der Waals surface area contributed by atoms with Crippen molar-refractivity contribution in [1.29, 1.82) is 0 Å². The summed E-state index contributed by atoms with van der Waals surface area (Å²) in [5.41, 5.74) is 0.538. The molecule has 8 nitrogen and oxygen atoms in total. The lowest BCUT2D eigenvalue weighted by molar-refractivity contribution is 0.0302. The van der Waals surface area contributed by atoms with Crippen molar-refractivity contribution in [1.82, 2.24) is 25.3 Å². The highest BCUT2D eigenvalue weighted by molar-refractivity contribution is 14.0. The Balaban J connectivity index is 0.00000576. The van der Waals surface area contributed by atoms with E-state index in [0.29, 0.717) is 25.6 Å². The van der Waals surface area contributed by atoms with E-state index >= 15 is 0 Å². The fraction of sp³-hybridized carbons (Fsp3) is 0.688. The Morgan fingerprint density at radius 1 is 1.40 bits per heavy atom. The smallest absolute Gasteiger partial charge is 0.410 e. The first-order valence-electron chi connectivity index (χ1n) is 8.16.